The van der Waals surface area contributed by atoms with Crippen LogP contribution in [0.3, 0.4) is 0 Å². The van der Waals surface area contributed by atoms with Crippen LogP contribution in [0.5, 0.6) is 0 Å². The number of benzene rings is 1. The van der Waals surface area contributed by atoms with Crippen LogP contribution in [0.15, 0.2) is 35.2 Å². The van der Waals surface area contributed by atoms with Gasteiger partial charge >= 0.3 is 0 Å². The predicted molar refractivity (Wildman–Crippen MR) is 72.7 cm³/mol. The topological polar surface area (TPSA) is 94.0 Å². The molecule has 0 aliphatic rings. The third kappa shape index (κ3) is 3.67. The molecule has 0 atom stereocenters. The summed E-state index contributed by atoms with van der Waals surface area (Å²) in [6.07, 6.45) is 1.77. The first kappa shape index (κ1) is 13.8. The van der Waals surface area contributed by atoms with Crippen molar-refractivity contribution < 1.29 is 9.32 Å². The van der Waals surface area contributed by atoms with Gasteiger partial charge in [-0.3, -0.25) is 4.79 Å². The van der Waals surface area contributed by atoms with Crippen LogP contribution in [0.4, 0.5) is 0 Å². The zero-order valence-corrected chi connectivity index (χ0v) is 10.8. The maximum Gasteiger partial charge on any atom is 0.252 e. The summed E-state index contributed by atoms with van der Waals surface area (Å²) in [5.41, 5.74) is 6.53. The second kappa shape index (κ2) is 7.07. The van der Waals surface area contributed by atoms with E-state index in [0.29, 0.717) is 29.9 Å². The standard InChI is InChI=1S/C14H14N4O2/c15-8-3-5-11-4-1-2-6-12(11)14(19)16-9-7-13-17-10-20-18-13/h1-2,4,6,10H,7-9,15H2,(H,16,19). The van der Waals surface area contributed by atoms with Crippen LogP contribution in [-0.2, 0) is 6.42 Å². The smallest absolute Gasteiger partial charge is 0.252 e. The third-order valence-corrected chi connectivity index (χ3v) is 2.54. The quantitative estimate of drug-likeness (QED) is 0.782. The van der Waals surface area contributed by atoms with Crippen LogP contribution in [-0.4, -0.2) is 29.1 Å². The highest BCUT2D eigenvalue weighted by atomic mass is 16.5. The summed E-state index contributed by atoms with van der Waals surface area (Å²) in [6.45, 7) is 0.685. The lowest BCUT2D eigenvalue weighted by Gasteiger charge is -2.05. The van der Waals surface area contributed by atoms with Gasteiger partial charge in [0.1, 0.15) is 0 Å². The van der Waals surface area contributed by atoms with Gasteiger partial charge in [0.15, 0.2) is 5.82 Å². The molecule has 0 aliphatic heterocycles. The van der Waals surface area contributed by atoms with E-state index in [1.165, 1.54) is 6.39 Å². The number of hydrogen-bond donors (Lipinski definition) is 2. The van der Waals surface area contributed by atoms with Gasteiger partial charge < -0.3 is 15.6 Å². The molecule has 3 N–H and O–H groups in total. The highest BCUT2D eigenvalue weighted by molar-refractivity contribution is 5.96. The van der Waals surface area contributed by atoms with Crippen LogP contribution in [0.2, 0.25) is 0 Å². The molecule has 6 nitrogen and oxygen atoms in total. The fourth-order valence-electron chi connectivity index (χ4n) is 1.62. The molecule has 1 aromatic heterocycles. The average Bonchev–Trinajstić information content (AvgIpc) is 2.98. The SMILES string of the molecule is NCC#Cc1ccccc1C(=O)NCCc1ncon1. The Morgan fingerprint density at radius 1 is 1.40 bits per heavy atom. The van der Waals surface area contributed by atoms with Gasteiger partial charge in [-0.05, 0) is 12.1 Å². The van der Waals surface area contributed by atoms with E-state index < -0.39 is 0 Å². The predicted octanol–water partition coefficient (Wildman–Crippen LogP) is 0.352. The Labute approximate surface area is 116 Å². The molecule has 0 aliphatic carbocycles. The van der Waals surface area contributed by atoms with E-state index in [1.54, 1.807) is 18.2 Å². The van der Waals surface area contributed by atoms with E-state index in [0.717, 1.165) is 0 Å². The van der Waals surface area contributed by atoms with E-state index in [4.69, 9.17) is 5.73 Å². The number of hydrogen-bond acceptors (Lipinski definition) is 5. The average molecular weight is 270 g/mol. The fourth-order valence-corrected chi connectivity index (χ4v) is 1.62. The summed E-state index contributed by atoms with van der Waals surface area (Å²) in [6, 6.07) is 7.14. The highest BCUT2D eigenvalue weighted by Crippen LogP contribution is 2.07. The maximum atomic E-state index is 12.1. The minimum absolute atomic E-state index is 0.185. The van der Waals surface area contributed by atoms with Crippen molar-refractivity contribution in [2.24, 2.45) is 5.73 Å². The van der Waals surface area contributed by atoms with Crippen LogP contribution in [0.1, 0.15) is 21.7 Å². The van der Waals surface area contributed by atoms with Gasteiger partial charge in [-0.15, -0.1) is 0 Å². The highest BCUT2D eigenvalue weighted by Gasteiger charge is 2.09. The number of nitrogens with zero attached hydrogens (tertiary/aromatic N) is 2. The summed E-state index contributed by atoms with van der Waals surface area (Å²) >= 11 is 0. The minimum atomic E-state index is -0.185. The van der Waals surface area contributed by atoms with Gasteiger partial charge in [0.2, 0.25) is 6.39 Å². The van der Waals surface area contributed by atoms with E-state index in [1.807, 2.05) is 6.07 Å². The largest absolute Gasteiger partial charge is 0.352 e. The molecule has 2 aromatic rings. The van der Waals surface area contributed by atoms with Crippen molar-refractivity contribution in [3.05, 3.63) is 47.6 Å². The number of nitrogens with two attached hydrogens (primary N) is 1. The lowest BCUT2D eigenvalue weighted by molar-refractivity contribution is 0.0953. The van der Waals surface area contributed by atoms with Crippen molar-refractivity contribution in [3.63, 3.8) is 0 Å². The van der Waals surface area contributed by atoms with E-state index in [-0.39, 0.29) is 12.5 Å². The Hall–Kier alpha value is -2.65. The molecule has 102 valence electrons. The van der Waals surface area contributed by atoms with Crippen molar-refractivity contribution in [2.45, 2.75) is 6.42 Å². The monoisotopic (exact) mass is 270 g/mol. The van der Waals surface area contributed by atoms with Crippen molar-refractivity contribution >= 4 is 5.91 Å². The van der Waals surface area contributed by atoms with Crippen molar-refractivity contribution in [1.29, 1.82) is 0 Å². The zero-order valence-electron chi connectivity index (χ0n) is 10.8. The molecular formula is C14H14N4O2. The maximum absolute atomic E-state index is 12.1. The molecule has 1 amide bonds. The van der Waals surface area contributed by atoms with Gasteiger partial charge in [0.25, 0.3) is 5.91 Å². The van der Waals surface area contributed by atoms with E-state index in [2.05, 4.69) is 31.8 Å². The first-order chi connectivity index (χ1) is 9.81. The molecule has 0 saturated carbocycles. The van der Waals surface area contributed by atoms with Gasteiger partial charge in [-0.2, -0.15) is 4.98 Å². The van der Waals surface area contributed by atoms with Crippen LogP contribution in [0.25, 0.3) is 0 Å². The number of aromatic nitrogens is 2. The summed E-state index contributed by atoms with van der Waals surface area (Å²) in [4.78, 5) is 16.0. The van der Waals surface area contributed by atoms with Crippen molar-refractivity contribution in [1.82, 2.24) is 15.5 Å². The normalized spacial score (nSPS) is 9.65. The molecule has 6 heteroatoms. The third-order valence-electron chi connectivity index (χ3n) is 2.54. The van der Waals surface area contributed by atoms with E-state index in [9.17, 15) is 4.79 Å². The first-order valence-corrected chi connectivity index (χ1v) is 6.12. The van der Waals surface area contributed by atoms with Crippen LogP contribution < -0.4 is 11.1 Å². The Balaban J connectivity index is 1.98. The second-order valence-electron chi connectivity index (χ2n) is 3.90. The molecule has 1 aromatic carbocycles. The van der Waals surface area contributed by atoms with Crippen molar-refractivity contribution in [3.8, 4) is 11.8 Å². The molecular weight excluding hydrogens is 256 g/mol. The van der Waals surface area contributed by atoms with Gasteiger partial charge in [-0.25, -0.2) is 0 Å². The summed E-state index contributed by atoms with van der Waals surface area (Å²) in [5.74, 6) is 6.00. The Morgan fingerprint density at radius 2 is 2.25 bits per heavy atom. The number of carbonyl (C=O) groups is 1. The van der Waals surface area contributed by atoms with E-state index >= 15 is 0 Å². The summed E-state index contributed by atoms with van der Waals surface area (Å²) in [5, 5.41) is 6.46. The summed E-state index contributed by atoms with van der Waals surface area (Å²) in [7, 11) is 0. The van der Waals surface area contributed by atoms with Crippen molar-refractivity contribution in [2.75, 3.05) is 13.1 Å². The molecule has 0 unspecified atom stereocenters. The Kier molecular flexibility index (Phi) is 4.87. The molecule has 0 bridgehead atoms. The summed E-state index contributed by atoms with van der Waals surface area (Å²) < 4.78 is 4.62. The molecule has 0 saturated heterocycles. The zero-order chi connectivity index (χ0) is 14.2. The lowest BCUT2D eigenvalue weighted by atomic mass is 10.1. The lowest BCUT2D eigenvalue weighted by Crippen LogP contribution is -2.26. The number of nitrogens with one attached hydrogen (secondary N) is 1. The molecule has 20 heavy (non-hydrogen) atoms. The van der Waals surface area contributed by atoms with Gasteiger partial charge in [0, 0.05) is 18.5 Å². The van der Waals surface area contributed by atoms with Gasteiger partial charge in [0.05, 0.1) is 12.1 Å². The second-order valence-corrected chi connectivity index (χ2v) is 3.90. The number of rotatable bonds is 4. The number of carbonyl (C=O) groups excluding carboxylic acids is 1. The minimum Gasteiger partial charge on any atom is -0.352 e. The Bertz CT molecular complexity index is 626. The molecule has 1 heterocycles. The molecule has 0 spiro atoms. The molecule has 0 radical (unpaired) electrons. The molecule has 0 fully saturated rings. The number of amides is 1. The van der Waals surface area contributed by atoms with Gasteiger partial charge in [-0.1, -0.05) is 29.1 Å². The first-order valence-electron chi connectivity index (χ1n) is 6.12. The van der Waals surface area contributed by atoms with Crippen LogP contribution >= 0.6 is 0 Å². The Morgan fingerprint density at radius 3 is 3.00 bits per heavy atom. The molecule has 2 rings (SSSR count). The fraction of sp³-hybridized carbons (Fsp3) is 0.214. The van der Waals surface area contributed by atoms with Crippen LogP contribution in [0, 0.1) is 11.8 Å².